The summed E-state index contributed by atoms with van der Waals surface area (Å²) in [6, 6.07) is 0.247. The first-order valence-electron chi connectivity index (χ1n) is 5.37. The summed E-state index contributed by atoms with van der Waals surface area (Å²) in [5, 5.41) is 5.26. The first-order valence-corrected chi connectivity index (χ1v) is 5.37. The van der Waals surface area contributed by atoms with Crippen molar-refractivity contribution in [1.82, 2.24) is 10.6 Å². The van der Waals surface area contributed by atoms with E-state index in [0.29, 0.717) is 0 Å². The van der Waals surface area contributed by atoms with Crippen molar-refractivity contribution in [3.05, 3.63) is 12.3 Å². The topological polar surface area (TPSA) is 58.2 Å². The summed E-state index contributed by atoms with van der Waals surface area (Å²) in [7, 11) is 0. The van der Waals surface area contributed by atoms with Crippen LogP contribution >= 0.6 is 0 Å². The van der Waals surface area contributed by atoms with Crippen LogP contribution in [0.15, 0.2) is 12.3 Å². The van der Waals surface area contributed by atoms with Crippen LogP contribution < -0.4 is 10.6 Å². The standard InChI is InChI=1S/C11H18N2O2/c1-8(12-9(2)14)11(15)13-10-6-4-3-5-7-10/h10H,1,3-7H2,2H3,(H,12,14)(H,13,15). The second kappa shape index (κ2) is 5.53. The third-order valence-electron chi connectivity index (χ3n) is 2.54. The summed E-state index contributed by atoms with van der Waals surface area (Å²) in [5.41, 5.74) is 0.132. The van der Waals surface area contributed by atoms with E-state index >= 15 is 0 Å². The zero-order valence-electron chi connectivity index (χ0n) is 9.14. The van der Waals surface area contributed by atoms with Crippen LogP contribution in [-0.2, 0) is 9.59 Å². The molecule has 0 radical (unpaired) electrons. The molecule has 0 heterocycles. The van der Waals surface area contributed by atoms with Crippen LogP contribution in [0.5, 0.6) is 0 Å². The fourth-order valence-electron chi connectivity index (χ4n) is 1.79. The molecule has 0 saturated heterocycles. The van der Waals surface area contributed by atoms with Crippen LogP contribution in [-0.4, -0.2) is 17.9 Å². The molecule has 2 N–H and O–H groups in total. The minimum atomic E-state index is -0.267. The molecule has 1 aliphatic carbocycles. The molecule has 0 aromatic heterocycles. The highest BCUT2D eigenvalue weighted by atomic mass is 16.2. The van der Waals surface area contributed by atoms with Crippen molar-refractivity contribution in [2.75, 3.05) is 0 Å². The van der Waals surface area contributed by atoms with Gasteiger partial charge >= 0.3 is 0 Å². The van der Waals surface area contributed by atoms with E-state index in [4.69, 9.17) is 0 Å². The lowest BCUT2D eigenvalue weighted by Gasteiger charge is -2.23. The molecule has 0 spiro atoms. The van der Waals surface area contributed by atoms with Gasteiger partial charge in [0.25, 0.3) is 5.91 Å². The maximum atomic E-state index is 11.5. The highest BCUT2D eigenvalue weighted by molar-refractivity contribution is 5.96. The van der Waals surface area contributed by atoms with Gasteiger partial charge in [-0.1, -0.05) is 25.8 Å². The minimum absolute atomic E-state index is 0.132. The first-order chi connectivity index (χ1) is 7.09. The molecule has 4 heteroatoms. The van der Waals surface area contributed by atoms with E-state index in [1.165, 1.54) is 13.3 Å². The summed E-state index contributed by atoms with van der Waals surface area (Å²) in [6.07, 6.45) is 5.63. The molecular weight excluding hydrogens is 192 g/mol. The molecule has 1 saturated carbocycles. The Kier molecular flexibility index (Phi) is 4.34. The smallest absolute Gasteiger partial charge is 0.267 e. The fourth-order valence-corrected chi connectivity index (χ4v) is 1.79. The van der Waals surface area contributed by atoms with Gasteiger partial charge in [-0.15, -0.1) is 0 Å². The molecule has 1 fully saturated rings. The number of hydrogen-bond donors (Lipinski definition) is 2. The van der Waals surface area contributed by atoms with Crippen molar-refractivity contribution >= 4 is 11.8 Å². The van der Waals surface area contributed by atoms with Crippen LogP contribution in [0.3, 0.4) is 0 Å². The summed E-state index contributed by atoms with van der Waals surface area (Å²) < 4.78 is 0. The lowest BCUT2D eigenvalue weighted by molar-refractivity contribution is -0.123. The average molecular weight is 210 g/mol. The van der Waals surface area contributed by atoms with Gasteiger partial charge in [0.2, 0.25) is 5.91 Å². The van der Waals surface area contributed by atoms with Gasteiger partial charge in [-0.05, 0) is 12.8 Å². The van der Waals surface area contributed by atoms with Crippen molar-refractivity contribution < 1.29 is 9.59 Å². The number of carbonyl (C=O) groups is 2. The molecule has 0 atom stereocenters. The van der Waals surface area contributed by atoms with Crippen LogP contribution in [0.1, 0.15) is 39.0 Å². The zero-order chi connectivity index (χ0) is 11.3. The molecule has 0 aromatic rings. The Labute approximate surface area is 90.1 Å². The molecule has 1 rings (SSSR count). The summed E-state index contributed by atoms with van der Waals surface area (Å²) in [6.45, 7) is 4.88. The number of amides is 2. The molecule has 2 amide bonds. The first kappa shape index (κ1) is 11.8. The fraction of sp³-hybridized carbons (Fsp3) is 0.636. The molecule has 0 aliphatic heterocycles. The minimum Gasteiger partial charge on any atom is -0.348 e. The Balaban J connectivity index is 2.33. The quantitative estimate of drug-likeness (QED) is 0.685. The Hall–Kier alpha value is -1.32. The van der Waals surface area contributed by atoms with E-state index < -0.39 is 0 Å². The van der Waals surface area contributed by atoms with E-state index in [1.54, 1.807) is 0 Å². The number of rotatable bonds is 3. The molecule has 1 aliphatic rings. The van der Waals surface area contributed by atoms with Gasteiger partial charge in [0, 0.05) is 13.0 Å². The van der Waals surface area contributed by atoms with Crippen molar-refractivity contribution in [3.63, 3.8) is 0 Å². The zero-order valence-corrected chi connectivity index (χ0v) is 9.14. The van der Waals surface area contributed by atoms with Gasteiger partial charge in [-0.2, -0.15) is 0 Å². The predicted molar refractivity (Wildman–Crippen MR) is 58.0 cm³/mol. The second-order valence-corrected chi connectivity index (χ2v) is 3.97. The highest BCUT2D eigenvalue weighted by Gasteiger charge is 2.17. The predicted octanol–water partition coefficient (Wildman–Crippen LogP) is 1.09. The van der Waals surface area contributed by atoms with E-state index in [9.17, 15) is 9.59 Å². The molecule has 0 aromatic carbocycles. The van der Waals surface area contributed by atoms with Gasteiger partial charge in [0.15, 0.2) is 0 Å². The lowest BCUT2D eigenvalue weighted by Crippen LogP contribution is -2.40. The maximum absolute atomic E-state index is 11.5. The van der Waals surface area contributed by atoms with Crippen LogP contribution in [0.2, 0.25) is 0 Å². The summed E-state index contributed by atoms with van der Waals surface area (Å²) in [4.78, 5) is 22.2. The van der Waals surface area contributed by atoms with Crippen molar-refractivity contribution in [1.29, 1.82) is 0 Å². The number of nitrogens with one attached hydrogen (secondary N) is 2. The molecule has 4 nitrogen and oxygen atoms in total. The SMILES string of the molecule is C=C(NC(C)=O)C(=O)NC1CCCCC1. The van der Waals surface area contributed by atoms with E-state index in [2.05, 4.69) is 17.2 Å². The van der Waals surface area contributed by atoms with Gasteiger partial charge < -0.3 is 10.6 Å². The Bertz CT molecular complexity index is 268. The van der Waals surface area contributed by atoms with E-state index in [0.717, 1.165) is 25.7 Å². The van der Waals surface area contributed by atoms with Crippen LogP contribution in [0.4, 0.5) is 0 Å². The van der Waals surface area contributed by atoms with Crippen molar-refractivity contribution in [2.24, 2.45) is 0 Å². The molecule has 0 bridgehead atoms. The average Bonchev–Trinajstić information content (AvgIpc) is 2.18. The van der Waals surface area contributed by atoms with Gasteiger partial charge in [-0.25, -0.2) is 0 Å². The Morgan fingerprint density at radius 1 is 1.20 bits per heavy atom. The monoisotopic (exact) mass is 210 g/mol. The van der Waals surface area contributed by atoms with Crippen molar-refractivity contribution in [3.8, 4) is 0 Å². The third-order valence-corrected chi connectivity index (χ3v) is 2.54. The third kappa shape index (κ3) is 4.14. The highest BCUT2D eigenvalue weighted by Crippen LogP contribution is 2.17. The van der Waals surface area contributed by atoms with Crippen LogP contribution in [0, 0.1) is 0 Å². The van der Waals surface area contributed by atoms with Gasteiger partial charge in [-0.3, -0.25) is 9.59 Å². The molecule has 15 heavy (non-hydrogen) atoms. The van der Waals surface area contributed by atoms with E-state index in [-0.39, 0.29) is 23.6 Å². The van der Waals surface area contributed by atoms with Gasteiger partial charge in [0.1, 0.15) is 0 Å². The molecule has 0 unspecified atom stereocenters. The Morgan fingerprint density at radius 3 is 2.33 bits per heavy atom. The number of hydrogen-bond acceptors (Lipinski definition) is 2. The molecular formula is C11H18N2O2. The van der Waals surface area contributed by atoms with Crippen molar-refractivity contribution in [2.45, 2.75) is 45.1 Å². The summed E-state index contributed by atoms with van der Waals surface area (Å²) in [5.74, 6) is -0.532. The largest absolute Gasteiger partial charge is 0.348 e. The Morgan fingerprint density at radius 2 is 1.80 bits per heavy atom. The normalized spacial score (nSPS) is 16.9. The van der Waals surface area contributed by atoms with E-state index in [1.807, 2.05) is 0 Å². The van der Waals surface area contributed by atoms with Gasteiger partial charge in [0.05, 0.1) is 5.70 Å². The second-order valence-electron chi connectivity index (χ2n) is 3.97. The maximum Gasteiger partial charge on any atom is 0.267 e. The summed E-state index contributed by atoms with van der Waals surface area (Å²) >= 11 is 0. The van der Waals surface area contributed by atoms with Crippen LogP contribution in [0.25, 0.3) is 0 Å². The number of carbonyl (C=O) groups excluding carboxylic acids is 2. The molecule has 84 valence electrons. The lowest BCUT2D eigenvalue weighted by atomic mass is 9.95.